The molecule has 0 aliphatic carbocycles. The van der Waals surface area contributed by atoms with Gasteiger partial charge in [0.05, 0.1) is 24.6 Å². The number of pyridine rings is 1. The topological polar surface area (TPSA) is 110 Å². The van der Waals surface area contributed by atoms with Crippen LogP contribution in [0.5, 0.6) is 5.88 Å². The minimum atomic E-state index is -0.697. The molecule has 1 saturated heterocycles. The molecule has 0 bridgehead atoms. The molecule has 0 radical (unpaired) electrons. The van der Waals surface area contributed by atoms with Crippen LogP contribution in [0.15, 0.2) is 36.5 Å². The van der Waals surface area contributed by atoms with E-state index in [2.05, 4.69) is 9.97 Å². The summed E-state index contributed by atoms with van der Waals surface area (Å²) in [5.74, 6) is -0.411. The summed E-state index contributed by atoms with van der Waals surface area (Å²) in [7, 11) is 1.49. The minimum absolute atomic E-state index is 0.0337. The van der Waals surface area contributed by atoms with E-state index < -0.39 is 5.82 Å². The fourth-order valence-electron chi connectivity index (χ4n) is 3.46. The maximum absolute atomic E-state index is 14.3. The van der Waals surface area contributed by atoms with E-state index in [0.717, 1.165) is 0 Å². The second-order valence-electron chi connectivity index (χ2n) is 7.08. The molecule has 10 heteroatoms. The average Bonchev–Trinajstić information content (AvgIpc) is 3.36. The number of nitriles is 1. The number of hydrogen-bond donors (Lipinski definition) is 1. The number of ether oxygens (including phenoxy) is 1. The van der Waals surface area contributed by atoms with Crippen LogP contribution in [0, 0.1) is 17.1 Å². The Labute approximate surface area is 182 Å². The summed E-state index contributed by atoms with van der Waals surface area (Å²) in [6.45, 7) is 0.918. The summed E-state index contributed by atoms with van der Waals surface area (Å²) in [6, 6.07) is 9.11. The number of amides is 1. The molecule has 158 valence electrons. The van der Waals surface area contributed by atoms with Gasteiger partial charge in [-0.05, 0) is 30.7 Å². The van der Waals surface area contributed by atoms with Gasteiger partial charge in [-0.25, -0.2) is 14.4 Å². The molecule has 2 aromatic heterocycles. The van der Waals surface area contributed by atoms with Gasteiger partial charge in [0.2, 0.25) is 5.88 Å². The number of halogens is 2. The van der Waals surface area contributed by atoms with E-state index in [-0.39, 0.29) is 34.2 Å². The third kappa shape index (κ3) is 3.83. The lowest BCUT2D eigenvalue weighted by molar-refractivity contribution is 0.0786. The summed E-state index contributed by atoms with van der Waals surface area (Å²) in [5.41, 5.74) is 6.73. The zero-order valence-corrected chi connectivity index (χ0v) is 17.3. The van der Waals surface area contributed by atoms with Crippen molar-refractivity contribution in [2.24, 2.45) is 5.73 Å². The summed E-state index contributed by atoms with van der Waals surface area (Å²) in [6.07, 6.45) is 2.20. The first-order valence-corrected chi connectivity index (χ1v) is 9.84. The number of carbonyl (C=O) groups excluding carboxylic acids is 1. The molecule has 2 N–H and O–H groups in total. The van der Waals surface area contributed by atoms with Crippen LogP contribution in [-0.2, 0) is 0 Å². The number of nitrogens with two attached hydrogens (primary N) is 1. The van der Waals surface area contributed by atoms with Crippen LogP contribution in [0.4, 0.5) is 4.39 Å². The summed E-state index contributed by atoms with van der Waals surface area (Å²) < 4.78 is 20.9. The average molecular weight is 441 g/mol. The molecule has 31 heavy (non-hydrogen) atoms. The zero-order chi connectivity index (χ0) is 22.1. The predicted octanol–water partition coefficient (Wildman–Crippen LogP) is 2.78. The monoisotopic (exact) mass is 440 g/mol. The van der Waals surface area contributed by atoms with E-state index in [1.54, 1.807) is 29.2 Å². The van der Waals surface area contributed by atoms with Crippen LogP contribution in [0.2, 0.25) is 5.15 Å². The van der Waals surface area contributed by atoms with Crippen LogP contribution in [-0.4, -0.2) is 51.6 Å². The summed E-state index contributed by atoms with van der Waals surface area (Å²) >= 11 is 6.61. The zero-order valence-electron chi connectivity index (χ0n) is 16.5. The second kappa shape index (κ2) is 8.34. The molecule has 0 saturated carbocycles. The van der Waals surface area contributed by atoms with Gasteiger partial charge in [0, 0.05) is 30.8 Å². The van der Waals surface area contributed by atoms with Crippen molar-refractivity contribution < 1.29 is 13.9 Å². The Kier molecular flexibility index (Phi) is 5.59. The SMILES string of the molecule is COc1ccc(-n2c(-c3ccc(C#N)c(F)c3)nc(C(=O)N3CC[C@@H](N)C3)c2Cl)cn1. The fraction of sp³-hybridized carbons (Fsp3) is 0.238. The Balaban J connectivity index is 1.86. The van der Waals surface area contributed by atoms with Crippen molar-refractivity contribution >= 4 is 17.5 Å². The number of aromatic nitrogens is 3. The van der Waals surface area contributed by atoms with E-state index in [9.17, 15) is 9.18 Å². The molecule has 0 spiro atoms. The van der Waals surface area contributed by atoms with Crippen LogP contribution < -0.4 is 10.5 Å². The lowest BCUT2D eigenvalue weighted by Gasteiger charge is -2.14. The quantitative estimate of drug-likeness (QED) is 0.668. The van der Waals surface area contributed by atoms with Gasteiger partial charge in [-0.1, -0.05) is 11.6 Å². The first kappa shape index (κ1) is 20.8. The first-order valence-electron chi connectivity index (χ1n) is 9.46. The Morgan fingerprint density at radius 1 is 1.39 bits per heavy atom. The van der Waals surface area contributed by atoms with Crippen molar-refractivity contribution in [3.05, 3.63) is 58.8 Å². The van der Waals surface area contributed by atoms with Crippen LogP contribution in [0.1, 0.15) is 22.5 Å². The van der Waals surface area contributed by atoms with Crippen molar-refractivity contribution in [2.75, 3.05) is 20.2 Å². The Bertz CT molecular complexity index is 1190. The largest absolute Gasteiger partial charge is 0.481 e. The van der Waals surface area contributed by atoms with E-state index in [1.807, 2.05) is 0 Å². The van der Waals surface area contributed by atoms with Crippen LogP contribution in [0.3, 0.4) is 0 Å². The number of carbonyl (C=O) groups is 1. The molecule has 3 heterocycles. The van der Waals surface area contributed by atoms with Gasteiger partial charge in [-0.2, -0.15) is 5.26 Å². The normalized spacial score (nSPS) is 15.7. The minimum Gasteiger partial charge on any atom is -0.481 e. The van der Waals surface area contributed by atoms with E-state index in [1.165, 1.54) is 30.0 Å². The van der Waals surface area contributed by atoms with Gasteiger partial charge in [-0.15, -0.1) is 0 Å². The number of methoxy groups -OCH3 is 1. The van der Waals surface area contributed by atoms with E-state index >= 15 is 0 Å². The first-order chi connectivity index (χ1) is 14.9. The highest BCUT2D eigenvalue weighted by atomic mass is 35.5. The number of imidazole rings is 1. The molecule has 1 fully saturated rings. The third-order valence-electron chi connectivity index (χ3n) is 5.07. The Hall–Kier alpha value is -3.48. The smallest absolute Gasteiger partial charge is 0.275 e. The van der Waals surface area contributed by atoms with Gasteiger partial charge < -0.3 is 15.4 Å². The fourth-order valence-corrected chi connectivity index (χ4v) is 3.76. The van der Waals surface area contributed by atoms with Gasteiger partial charge in [0.25, 0.3) is 5.91 Å². The van der Waals surface area contributed by atoms with E-state index in [4.69, 9.17) is 27.3 Å². The third-order valence-corrected chi connectivity index (χ3v) is 5.42. The second-order valence-corrected chi connectivity index (χ2v) is 7.43. The van der Waals surface area contributed by atoms with Crippen molar-refractivity contribution in [1.29, 1.82) is 5.26 Å². The Morgan fingerprint density at radius 2 is 2.19 bits per heavy atom. The number of nitrogens with zero attached hydrogens (tertiary/aromatic N) is 5. The predicted molar refractivity (Wildman–Crippen MR) is 112 cm³/mol. The van der Waals surface area contributed by atoms with Crippen molar-refractivity contribution in [1.82, 2.24) is 19.4 Å². The molecule has 1 aromatic carbocycles. The summed E-state index contributed by atoms with van der Waals surface area (Å²) in [4.78, 5) is 23.3. The van der Waals surface area contributed by atoms with Crippen molar-refractivity contribution in [3.63, 3.8) is 0 Å². The molecule has 1 atom stereocenters. The molecule has 3 aromatic rings. The maximum Gasteiger partial charge on any atom is 0.275 e. The molecule has 1 aliphatic heterocycles. The maximum atomic E-state index is 14.3. The van der Waals surface area contributed by atoms with Gasteiger partial charge >= 0.3 is 0 Å². The van der Waals surface area contributed by atoms with Crippen molar-refractivity contribution in [3.8, 4) is 29.0 Å². The highest BCUT2D eigenvalue weighted by Crippen LogP contribution is 2.32. The lowest BCUT2D eigenvalue weighted by atomic mass is 10.1. The molecule has 8 nitrogen and oxygen atoms in total. The van der Waals surface area contributed by atoms with Crippen LogP contribution in [0.25, 0.3) is 17.1 Å². The number of benzene rings is 1. The number of likely N-dealkylation sites (tertiary alicyclic amines) is 1. The molecular formula is C21H18ClFN6O2. The molecule has 1 aliphatic rings. The van der Waals surface area contributed by atoms with Gasteiger partial charge in [0.1, 0.15) is 22.9 Å². The van der Waals surface area contributed by atoms with Gasteiger partial charge in [-0.3, -0.25) is 9.36 Å². The van der Waals surface area contributed by atoms with Gasteiger partial charge in [0.15, 0.2) is 5.69 Å². The summed E-state index contributed by atoms with van der Waals surface area (Å²) in [5, 5.41) is 9.08. The highest BCUT2D eigenvalue weighted by Gasteiger charge is 2.30. The highest BCUT2D eigenvalue weighted by molar-refractivity contribution is 6.33. The standard InChI is InChI=1S/C21H18ClFN6O2/c1-31-17-5-4-15(10-26-17)29-19(22)18(21(30)28-7-6-14(25)11-28)27-20(29)12-2-3-13(9-24)16(23)8-12/h2-5,8,10,14H,6-7,11,25H2,1H3/t14-/m1/s1. The molecule has 1 amide bonds. The molecule has 4 rings (SSSR count). The van der Waals surface area contributed by atoms with Crippen LogP contribution >= 0.6 is 11.6 Å². The molecule has 0 unspecified atom stereocenters. The lowest BCUT2D eigenvalue weighted by Crippen LogP contribution is -2.32. The molecular weight excluding hydrogens is 423 g/mol. The van der Waals surface area contributed by atoms with Crippen molar-refractivity contribution in [2.45, 2.75) is 12.5 Å². The Morgan fingerprint density at radius 3 is 2.77 bits per heavy atom. The number of rotatable bonds is 4. The number of hydrogen-bond acceptors (Lipinski definition) is 6. The van der Waals surface area contributed by atoms with E-state index in [0.29, 0.717) is 36.6 Å².